The van der Waals surface area contributed by atoms with Crippen LogP contribution in [0.1, 0.15) is 22.7 Å². The third kappa shape index (κ3) is 5.62. The summed E-state index contributed by atoms with van der Waals surface area (Å²) in [6.45, 7) is 0. The van der Waals surface area contributed by atoms with Gasteiger partial charge < -0.3 is 5.32 Å². The molecule has 0 fully saturated rings. The molecule has 0 aliphatic carbocycles. The minimum Gasteiger partial charge on any atom is -0.340 e. The zero-order chi connectivity index (χ0) is 30.7. The van der Waals surface area contributed by atoms with E-state index in [1.54, 1.807) is 6.20 Å². The number of hydrogen-bond acceptors (Lipinski definition) is 3. The Balaban J connectivity index is 1.17. The molecule has 0 radical (unpaired) electrons. The number of hydrogen-bond donors (Lipinski definition) is 1. The smallest absolute Gasteiger partial charge is 0.133 e. The number of pyridine rings is 1. The Labute approximate surface area is 269 Å². The van der Waals surface area contributed by atoms with Crippen LogP contribution in [0.3, 0.4) is 0 Å². The van der Waals surface area contributed by atoms with E-state index in [0.29, 0.717) is 0 Å². The number of aromatic nitrogens is 1. The van der Waals surface area contributed by atoms with Gasteiger partial charge in [-0.2, -0.15) is 0 Å². The lowest BCUT2D eigenvalue weighted by Gasteiger charge is -2.24. The van der Waals surface area contributed by atoms with Gasteiger partial charge in [0.25, 0.3) is 0 Å². The standard InChI is InChI=1S/C43H31N3/c1-2-8-30(9-3-1)32-17-22-35(23-18-32)43-45-41(34-20-15-33(16-21-34)40-14-7-25-44-29-40)28-42(46-43)39-13-6-12-37(27-39)38-24-19-31-10-4-5-11-36(31)26-38/h1-29,42H,(H,45,46). The van der Waals surface area contributed by atoms with Crippen LogP contribution in [0.4, 0.5) is 0 Å². The monoisotopic (exact) mass is 589 g/mol. The van der Waals surface area contributed by atoms with Crippen LogP contribution in [0.5, 0.6) is 0 Å². The summed E-state index contributed by atoms with van der Waals surface area (Å²) in [5.41, 5.74) is 11.3. The first-order valence-electron chi connectivity index (χ1n) is 15.6. The van der Waals surface area contributed by atoms with Crippen molar-refractivity contribution < 1.29 is 0 Å². The number of fused-ring (bicyclic) bond motifs is 1. The number of aliphatic imine (C=N–C) groups is 1. The highest BCUT2D eigenvalue weighted by Gasteiger charge is 2.20. The van der Waals surface area contributed by atoms with Gasteiger partial charge in [0, 0.05) is 23.7 Å². The molecule has 3 heteroatoms. The highest BCUT2D eigenvalue weighted by molar-refractivity contribution is 6.05. The molecule has 1 aliphatic heterocycles. The van der Waals surface area contributed by atoms with E-state index in [0.717, 1.165) is 39.3 Å². The summed E-state index contributed by atoms with van der Waals surface area (Å²) in [5.74, 6) is 0.856. The van der Waals surface area contributed by atoms with Crippen molar-refractivity contribution >= 4 is 22.3 Å². The lowest BCUT2D eigenvalue weighted by Crippen LogP contribution is -2.27. The van der Waals surface area contributed by atoms with Gasteiger partial charge >= 0.3 is 0 Å². The summed E-state index contributed by atoms with van der Waals surface area (Å²) in [6, 6.07) is 55.6. The van der Waals surface area contributed by atoms with Crippen molar-refractivity contribution in [2.24, 2.45) is 4.99 Å². The lowest BCUT2D eigenvalue weighted by atomic mass is 9.95. The molecule has 0 amide bonds. The van der Waals surface area contributed by atoms with E-state index in [1.807, 2.05) is 18.3 Å². The fourth-order valence-corrected chi connectivity index (χ4v) is 6.12. The van der Waals surface area contributed by atoms with Crippen LogP contribution in [0, 0.1) is 0 Å². The number of nitrogens with one attached hydrogen (secondary N) is 1. The minimum atomic E-state index is -0.154. The minimum absolute atomic E-state index is 0.154. The van der Waals surface area contributed by atoms with Crippen LogP contribution < -0.4 is 5.32 Å². The molecular weight excluding hydrogens is 558 g/mol. The van der Waals surface area contributed by atoms with Crippen LogP contribution in [0.25, 0.3) is 49.9 Å². The molecule has 1 atom stereocenters. The number of nitrogens with zero attached hydrogens (tertiary/aromatic N) is 2. The molecular formula is C43H31N3. The molecule has 7 aromatic rings. The molecule has 6 aromatic carbocycles. The second kappa shape index (κ2) is 12.1. The summed E-state index contributed by atoms with van der Waals surface area (Å²) in [7, 11) is 0. The Morgan fingerprint density at radius 3 is 1.83 bits per heavy atom. The van der Waals surface area contributed by atoms with E-state index < -0.39 is 0 Å². The van der Waals surface area contributed by atoms with Crippen molar-refractivity contribution in [2.75, 3.05) is 0 Å². The zero-order valence-corrected chi connectivity index (χ0v) is 25.2. The molecule has 1 aliphatic rings. The van der Waals surface area contributed by atoms with E-state index in [2.05, 4.69) is 162 Å². The number of amidine groups is 1. The molecule has 0 bridgehead atoms. The predicted molar refractivity (Wildman–Crippen MR) is 191 cm³/mol. The maximum atomic E-state index is 5.27. The maximum absolute atomic E-state index is 5.27. The van der Waals surface area contributed by atoms with E-state index in [1.165, 1.54) is 33.0 Å². The number of benzene rings is 6. The third-order valence-corrected chi connectivity index (χ3v) is 8.61. The molecule has 0 saturated heterocycles. The molecule has 0 spiro atoms. The van der Waals surface area contributed by atoms with Crippen LogP contribution in [-0.4, -0.2) is 10.8 Å². The molecule has 8 rings (SSSR count). The second-order valence-electron chi connectivity index (χ2n) is 11.6. The molecule has 46 heavy (non-hydrogen) atoms. The first-order chi connectivity index (χ1) is 22.8. The lowest BCUT2D eigenvalue weighted by molar-refractivity contribution is 0.881. The van der Waals surface area contributed by atoms with Gasteiger partial charge in [0.2, 0.25) is 0 Å². The Bertz CT molecular complexity index is 2100. The first-order valence-corrected chi connectivity index (χ1v) is 15.6. The molecule has 3 nitrogen and oxygen atoms in total. The van der Waals surface area contributed by atoms with Gasteiger partial charge in [-0.05, 0) is 79.6 Å². The average Bonchev–Trinajstić information content (AvgIpc) is 3.15. The van der Waals surface area contributed by atoms with E-state index >= 15 is 0 Å². The van der Waals surface area contributed by atoms with Crippen molar-refractivity contribution in [1.29, 1.82) is 0 Å². The van der Waals surface area contributed by atoms with E-state index in [9.17, 15) is 0 Å². The molecule has 1 N–H and O–H groups in total. The van der Waals surface area contributed by atoms with Gasteiger partial charge in [-0.1, -0.05) is 140 Å². The fraction of sp³-hybridized carbons (Fsp3) is 0.0233. The highest BCUT2D eigenvalue weighted by atomic mass is 15.0. The summed E-state index contributed by atoms with van der Waals surface area (Å²) in [5, 5.41) is 6.15. The van der Waals surface area contributed by atoms with Crippen LogP contribution in [0.15, 0.2) is 181 Å². The van der Waals surface area contributed by atoms with Gasteiger partial charge in [-0.25, -0.2) is 0 Å². The van der Waals surface area contributed by atoms with Crippen LogP contribution in [-0.2, 0) is 0 Å². The second-order valence-corrected chi connectivity index (χ2v) is 11.6. The topological polar surface area (TPSA) is 37.3 Å². The van der Waals surface area contributed by atoms with Gasteiger partial charge in [-0.15, -0.1) is 0 Å². The van der Waals surface area contributed by atoms with Crippen molar-refractivity contribution in [2.45, 2.75) is 6.04 Å². The Morgan fingerprint density at radius 1 is 0.435 bits per heavy atom. The highest BCUT2D eigenvalue weighted by Crippen LogP contribution is 2.33. The average molecular weight is 590 g/mol. The van der Waals surface area contributed by atoms with Gasteiger partial charge in [0.05, 0.1) is 6.04 Å². The largest absolute Gasteiger partial charge is 0.340 e. The summed E-state index contributed by atoms with van der Waals surface area (Å²) < 4.78 is 0. The van der Waals surface area contributed by atoms with E-state index in [-0.39, 0.29) is 6.04 Å². The normalized spacial score (nSPS) is 14.3. The van der Waals surface area contributed by atoms with Gasteiger partial charge in [0.15, 0.2) is 0 Å². The molecule has 2 heterocycles. The Kier molecular flexibility index (Phi) is 7.26. The summed E-state index contributed by atoms with van der Waals surface area (Å²) in [4.78, 5) is 9.56. The summed E-state index contributed by atoms with van der Waals surface area (Å²) >= 11 is 0. The third-order valence-electron chi connectivity index (χ3n) is 8.61. The predicted octanol–water partition coefficient (Wildman–Crippen LogP) is 10.4. The van der Waals surface area contributed by atoms with Gasteiger partial charge in [0.1, 0.15) is 5.84 Å². The SMILES string of the molecule is C1=C(c2ccc(-c3cccnc3)cc2)NC(c2ccc(-c3ccccc3)cc2)=NC1c1cccc(-c2ccc3ccccc3c2)c1. The fourth-order valence-electron chi connectivity index (χ4n) is 6.12. The summed E-state index contributed by atoms with van der Waals surface area (Å²) in [6.07, 6.45) is 5.94. The Morgan fingerprint density at radius 2 is 1.04 bits per heavy atom. The molecule has 0 saturated carbocycles. The van der Waals surface area contributed by atoms with Crippen LogP contribution >= 0.6 is 0 Å². The van der Waals surface area contributed by atoms with Crippen molar-refractivity contribution in [3.63, 3.8) is 0 Å². The van der Waals surface area contributed by atoms with E-state index in [4.69, 9.17) is 4.99 Å². The molecule has 1 unspecified atom stereocenters. The van der Waals surface area contributed by atoms with Crippen molar-refractivity contribution in [3.8, 4) is 33.4 Å². The van der Waals surface area contributed by atoms with Gasteiger partial charge in [-0.3, -0.25) is 9.98 Å². The van der Waals surface area contributed by atoms with Crippen molar-refractivity contribution in [1.82, 2.24) is 10.3 Å². The molecule has 1 aromatic heterocycles. The van der Waals surface area contributed by atoms with Crippen LogP contribution in [0.2, 0.25) is 0 Å². The zero-order valence-electron chi connectivity index (χ0n) is 25.2. The first kappa shape index (κ1) is 27.5. The number of rotatable bonds is 6. The quantitative estimate of drug-likeness (QED) is 0.210. The maximum Gasteiger partial charge on any atom is 0.133 e. The Hall–Kier alpha value is -6.06. The molecule has 218 valence electrons. The van der Waals surface area contributed by atoms with Crippen molar-refractivity contribution in [3.05, 3.63) is 193 Å².